The SMILES string of the molecule is CC(=O)Nc1ccc2ccccc2c1-c1c(P)ccc2ccccc12. The molecule has 0 aliphatic heterocycles. The summed E-state index contributed by atoms with van der Waals surface area (Å²) in [5, 5.41) is 8.77. The van der Waals surface area contributed by atoms with E-state index in [9.17, 15) is 4.79 Å². The Hall–Kier alpha value is -2.70. The van der Waals surface area contributed by atoms with E-state index in [4.69, 9.17) is 0 Å². The third-order valence-electron chi connectivity index (χ3n) is 4.45. The number of rotatable bonds is 2. The number of benzene rings is 4. The molecule has 1 atom stereocenters. The minimum atomic E-state index is -0.0675. The molecule has 0 aliphatic carbocycles. The Bertz CT molecular complexity index is 1120. The molecule has 0 spiro atoms. The first-order chi connectivity index (χ1) is 12.1. The normalized spacial score (nSPS) is 11.0. The minimum absolute atomic E-state index is 0.0675. The zero-order valence-electron chi connectivity index (χ0n) is 13.9. The number of fused-ring (bicyclic) bond motifs is 2. The summed E-state index contributed by atoms with van der Waals surface area (Å²) in [4.78, 5) is 11.8. The van der Waals surface area contributed by atoms with E-state index in [-0.39, 0.29) is 5.91 Å². The average Bonchev–Trinajstić information content (AvgIpc) is 2.62. The molecule has 0 aromatic heterocycles. The quantitative estimate of drug-likeness (QED) is 0.503. The van der Waals surface area contributed by atoms with Gasteiger partial charge in [0.05, 0.1) is 0 Å². The number of nitrogens with one attached hydrogen (secondary N) is 1. The summed E-state index contributed by atoms with van der Waals surface area (Å²) in [7, 11) is 2.84. The molecule has 2 nitrogen and oxygen atoms in total. The Morgan fingerprint density at radius 2 is 1.32 bits per heavy atom. The van der Waals surface area contributed by atoms with Crippen molar-refractivity contribution in [2.24, 2.45) is 0 Å². The molecular formula is C22H18NOP. The maximum absolute atomic E-state index is 11.8. The first kappa shape index (κ1) is 15.8. The van der Waals surface area contributed by atoms with Gasteiger partial charge >= 0.3 is 0 Å². The van der Waals surface area contributed by atoms with E-state index in [1.807, 2.05) is 24.3 Å². The molecule has 0 saturated carbocycles. The van der Waals surface area contributed by atoms with Gasteiger partial charge in [-0.15, -0.1) is 9.24 Å². The van der Waals surface area contributed by atoms with Crippen LogP contribution in [0.4, 0.5) is 5.69 Å². The van der Waals surface area contributed by atoms with Crippen LogP contribution < -0.4 is 10.6 Å². The minimum Gasteiger partial charge on any atom is -0.326 e. The molecule has 0 radical (unpaired) electrons. The fourth-order valence-corrected chi connectivity index (χ4v) is 3.80. The van der Waals surface area contributed by atoms with Crippen LogP contribution in [-0.2, 0) is 4.79 Å². The Morgan fingerprint density at radius 1 is 0.760 bits per heavy atom. The third kappa shape index (κ3) is 2.79. The highest BCUT2D eigenvalue weighted by atomic mass is 31.0. The third-order valence-corrected chi connectivity index (χ3v) is 4.93. The van der Waals surface area contributed by atoms with E-state index >= 15 is 0 Å². The van der Waals surface area contributed by atoms with Crippen LogP contribution in [0.2, 0.25) is 0 Å². The summed E-state index contributed by atoms with van der Waals surface area (Å²) in [6.07, 6.45) is 0. The van der Waals surface area contributed by atoms with Crippen LogP contribution in [0.1, 0.15) is 6.92 Å². The predicted octanol–water partition coefficient (Wildman–Crippen LogP) is 5.12. The zero-order valence-corrected chi connectivity index (χ0v) is 15.1. The van der Waals surface area contributed by atoms with Gasteiger partial charge in [-0.3, -0.25) is 4.79 Å². The lowest BCUT2D eigenvalue weighted by Gasteiger charge is -2.18. The van der Waals surface area contributed by atoms with Crippen molar-refractivity contribution in [3.05, 3.63) is 72.8 Å². The molecule has 4 rings (SSSR count). The number of anilines is 1. The van der Waals surface area contributed by atoms with Crippen molar-refractivity contribution in [1.82, 2.24) is 0 Å². The predicted molar refractivity (Wildman–Crippen MR) is 111 cm³/mol. The lowest BCUT2D eigenvalue weighted by Crippen LogP contribution is -2.09. The first-order valence-corrected chi connectivity index (χ1v) is 8.80. The molecule has 1 amide bonds. The summed E-state index contributed by atoms with van der Waals surface area (Å²) in [6.45, 7) is 1.55. The molecule has 0 bridgehead atoms. The van der Waals surface area contributed by atoms with E-state index in [0.29, 0.717) is 0 Å². The summed E-state index contributed by atoms with van der Waals surface area (Å²) in [5.41, 5.74) is 3.05. The monoisotopic (exact) mass is 343 g/mol. The molecule has 25 heavy (non-hydrogen) atoms. The molecule has 3 heteroatoms. The fourth-order valence-electron chi connectivity index (χ4n) is 3.40. The van der Waals surface area contributed by atoms with Crippen LogP contribution in [0.15, 0.2) is 72.8 Å². The smallest absolute Gasteiger partial charge is 0.221 e. The number of carbonyl (C=O) groups is 1. The van der Waals surface area contributed by atoms with Crippen LogP contribution >= 0.6 is 9.24 Å². The Balaban J connectivity index is 2.16. The number of amides is 1. The summed E-state index contributed by atoms with van der Waals surface area (Å²) in [5.74, 6) is -0.0675. The van der Waals surface area contributed by atoms with Crippen LogP contribution in [0.5, 0.6) is 0 Å². The number of carbonyl (C=O) groups excluding carboxylic acids is 1. The van der Waals surface area contributed by atoms with Crippen LogP contribution in [-0.4, -0.2) is 5.91 Å². The van der Waals surface area contributed by atoms with E-state index < -0.39 is 0 Å². The fraction of sp³-hybridized carbons (Fsp3) is 0.0455. The van der Waals surface area contributed by atoms with Crippen molar-refractivity contribution in [2.45, 2.75) is 6.92 Å². The molecule has 0 saturated heterocycles. The second kappa shape index (κ2) is 6.31. The molecule has 4 aromatic carbocycles. The average molecular weight is 343 g/mol. The highest BCUT2D eigenvalue weighted by Crippen LogP contribution is 2.39. The summed E-state index contributed by atoms with van der Waals surface area (Å²) >= 11 is 0. The zero-order chi connectivity index (χ0) is 17.4. The van der Waals surface area contributed by atoms with Crippen molar-refractivity contribution in [3.63, 3.8) is 0 Å². The Kier molecular flexibility index (Phi) is 3.99. The van der Waals surface area contributed by atoms with E-state index in [1.54, 1.807) is 6.92 Å². The van der Waals surface area contributed by atoms with Gasteiger partial charge in [0, 0.05) is 18.2 Å². The Morgan fingerprint density at radius 3 is 1.96 bits per heavy atom. The molecule has 1 N–H and O–H groups in total. The summed E-state index contributed by atoms with van der Waals surface area (Å²) in [6, 6.07) is 24.9. The number of hydrogen-bond acceptors (Lipinski definition) is 1. The largest absolute Gasteiger partial charge is 0.326 e. The molecule has 0 heterocycles. The summed E-state index contributed by atoms with van der Waals surface area (Å²) < 4.78 is 0. The van der Waals surface area contributed by atoms with Gasteiger partial charge in [-0.1, -0.05) is 66.7 Å². The second-order valence-corrected chi connectivity index (χ2v) is 6.76. The maximum Gasteiger partial charge on any atom is 0.221 e. The van der Waals surface area contributed by atoms with Crippen LogP contribution in [0, 0.1) is 0 Å². The second-order valence-electron chi connectivity index (χ2n) is 6.14. The van der Waals surface area contributed by atoms with Crippen LogP contribution in [0.25, 0.3) is 32.7 Å². The lowest BCUT2D eigenvalue weighted by molar-refractivity contribution is -0.114. The van der Waals surface area contributed by atoms with Crippen molar-refractivity contribution in [2.75, 3.05) is 5.32 Å². The van der Waals surface area contributed by atoms with Gasteiger partial charge in [-0.2, -0.15) is 0 Å². The van der Waals surface area contributed by atoms with E-state index in [1.165, 1.54) is 10.8 Å². The van der Waals surface area contributed by atoms with Gasteiger partial charge in [-0.05, 0) is 38.5 Å². The van der Waals surface area contributed by atoms with E-state index in [0.717, 1.165) is 32.9 Å². The van der Waals surface area contributed by atoms with Gasteiger partial charge in [0.15, 0.2) is 0 Å². The molecule has 0 aliphatic rings. The molecule has 1 unspecified atom stereocenters. The first-order valence-electron chi connectivity index (χ1n) is 8.22. The van der Waals surface area contributed by atoms with Gasteiger partial charge in [-0.25, -0.2) is 0 Å². The maximum atomic E-state index is 11.8. The van der Waals surface area contributed by atoms with Gasteiger partial charge in [0.1, 0.15) is 0 Å². The lowest BCUT2D eigenvalue weighted by atomic mass is 9.92. The van der Waals surface area contributed by atoms with Gasteiger partial charge < -0.3 is 5.32 Å². The van der Waals surface area contributed by atoms with Crippen molar-refractivity contribution in [3.8, 4) is 11.1 Å². The number of hydrogen-bond donors (Lipinski definition) is 1. The van der Waals surface area contributed by atoms with Crippen molar-refractivity contribution < 1.29 is 4.79 Å². The Labute approximate surface area is 149 Å². The highest BCUT2D eigenvalue weighted by molar-refractivity contribution is 7.28. The van der Waals surface area contributed by atoms with Gasteiger partial charge in [0.2, 0.25) is 5.91 Å². The van der Waals surface area contributed by atoms with E-state index in [2.05, 4.69) is 63.1 Å². The van der Waals surface area contributed by atoms with Crippen molar-refractivity contribution >= 4 is 47.7 Å². The topological polar surface area (TPSA) is 29.1 Å². The molecule has 122 valence electrons. The standard InChI is InChI=1S/C22H18NOP/c1-14(24)23-19-12-10-15-6-2-4-8-17(15)21(19)22-18-9-5-3-7-16(18)11-13-20(22)25/h2-13H,25H2,1H3,(H,23,24). The van der Waals surface area contributed by atoms with Crippen LogP contribution in [0.3, 0.4) is 0 Å². The van der Waals surface area contributed by atoms with Gasteiger partial charge in [0.25, 0.3) is 0 Å². The molecule has 4 aromatic rings. The van der Waals surface area contributed by atoms with Crippen molar-refractivity contribution in [1.29, 1.82) is 0 Å². The molecular weight excluding hydrogens is 325 g/mol. The highest BCUT2D eigenvalue weighted by Gasteiger charge is 2.15. The molecule has 0 fully saturated rings.